The number of fused-ring (bicyclic) bond motifs is 1. The van der Waals surface area contributed by atoms with Gasteiger partial charge in [0.05, 0.1) is 5.52 Å². The fourth-order valence-corrected chi connectivity index (χ4v) is 3.01. The molecule has 1 fully saturated rings. The number of nitrogens with zero attached hydrogens (tertiary/aromatic N) is 1. The van der Waals surface area contributed by atoms with Crippen LogP contribution < -0.4 is 5.32 Å². The van der Waals surface area contributed by atoms with Crippen molar-refractivity contribution >= 4 is 16.7 Å². The maximum Gasteiger partial charge on any atom is 0.137 e. The molecular weight excluding hydrogens is 248 g/mol. The van der Waals surface area contributed by atoms with E-state index in [1.54, 1.807) is 6.20 Å². The molecule has 1 saturated heterocycles. The predicted molar refractivity (Wildman–Crippen MR) is 80.7 cm³/mol. The third-order valence-corrected chi connectivity index (χ3v) is 4.04. The van der Waals surface area contributed by atoms with Crippen LogP contribution in [0.4, 0.5) is 0 Å². The zero-order valence-electron chi connectivity index (χ0n) is 11.6. The van der Waals surface area contributed by atoms with Crippen LogP contribution in [0.5, 0.6) is 0 Å². The number of pyridine rings is 1. The van der Waals surface area contributed by atoms with E-state index in [1.807, 2.05) is 30.3 Å². The quantitative estimate of drug-likeness (QED) is 0.927. The van der Waals surface area contributed by atoms with E-state index in [2.05, 4.69) is 10.3 Å². The van der Waals surface area contributed by atoms with Crippen molar-refractivity contribution in [2.45, 2.75) is 25.7 Å². The Morgan fingerprint density at radius 3 is 3.05 bits per heavy atom. The molecule has 1 aromatic carbocycles. The van der Waals surface area contributed by atoms with Crippen molar-refractivity contribution < 1.29 is 4.79 Å². The minimum Gasteiger partial charge on any atom is -0.316 e. The van der Waals surface area contributed by atoms with E-state index in [4.69, 9.17) is 0 Å². The molecule has 0 amide bonds. The van der Waals surface area contributed by atoms with Gasteiger partial charge in [-0.05, 0) is 49.5 Å². The molecule has 1 unspecified atom stereocenters. The van der Waals surface area contributed by atoms with E-state index in [9.17, 15) is 4.79 Å². The molecule has 2 aromatic rings. The molecule has 0 saturated carbocycles. The smallest absolute Gasteiger partial charge is 0.137 e. The Morgan fingerprint density at radius 2 is 2.20 bits per heavy atom. The molecule has 0 aliphatic carbocycles. The number of hydrogen-bond donors (Lipinski definition) is 1. The molecule has 0 spiro atoms. The van der Waals surface area contributed by atoms with Gasteiger partial charge in [-0.1, -0.05) is 18.2 Å². The number of benzene rings is 1. The second-order valence-electron chi connectivity index (χ2n) is 5.62. The highest BCUT2D eigenvalue weighted by Gasteiger charge is 2.17. The van der Waals surface area contributed by atoms with Crippen LogP contribution in [0.15, 0.2) is 36.5 Å². The number of Topliss-reactive ketones (excluding diaryl/α,β-unsaturated/α-hetero) is 1. The van der Waals surface area contributed by atoms with Crippen LogP contribution in [0, 0.1) is 5.92 Å². The lowest BCUT2D eigenvalue weighted by molar-refractivity contribution is -0.119. The molecule has 1 aliphatic rings. The second kappa shape index (κ2) is 6.14. The lowest BCUT2D eigenvalue weighted by atomic mass is 9.91. The van der Waals surface area contributed by atoms with E-state index in [0.717, 1.165) is 29.6 Å². The van der Waals surface area contributed by atoms with Crippen LogP contribution >= 0.6 is 0 Å². The Bertz CT molecular complexity index is 597. The number of aromatic nitrogens is 1. The zero-order chi connectivity index (χ0) is 13.8. The van der Waals surface area contributed by atoms with Crippen molar-refractivity contribution in [2.75, 3.05) is 13.1 Å². The second-order valence-corrected chi connectivity index (χ2v) is 5.62. The predicted octanol–water partition coefficient (Wildman–Crippen LogP) is 2.74. The van der Waals surface area contributed by atoms with Gasteiger partial charge < -0.3 is 5.32 Å². The normalized spacial score (nSPS) is 19.1. The van der Waals surface area contributed by atoms with Gasteiger partial charge >= 0.3 is 0 Å². The molecule has 20 heavy (non-hydrogen) atoms. The average Bonchev–Trinajstić information content (AvgIpc) is 2.48. The summed E-state index contributed by atoms with van der Waals surface area (Å²) in [5.41, 5.74) is 2.07. The first-order valence-corrected chi connectivity index (χ1v) is 7.38. The summed E-state index contributed by atoms with van der Waals surface area (Å²) in [6.45, 7) is 2.09. The van der Waals surface area contributed by atoms with Crippen LogP contribution in [-0.2, 0) is 11.2 Å². The summed E-state index contributed by atoms with van der Waals surface area (Å²) in [7, 11) is 0. The number of nitrogens with one attached hydrogen (secondary N) is 1. The van der Waals surface area contributed by atoms with Gasteiger partial charge in [0, 0.05) is 24.4 Å². The van der Waals surface area contributed by atoms with E-state index >= 15 is 0 Å². The first-order chi connectivity index (χ1) is 9.83. The Kier molecular flexibility index (Phi) is 4.07. The number of piperidine rings is 1. The molecule has 0 radical (unpaired) electrons. The van der Waals surface area contributed by atoms with Gasteiger partial charge in [-0.25, -0.2) is 0 Å². The minimum absolute atomic E-state index is 0.343. The fourth-order valence-electron chi connectivity index (χ4n) is 3.01. The molecule has 1 aromatic heterocycles. The van der Waals surface area contributed by atoms with Crippen molar-refractivity contribution in [3.63, 3.8) is 0 Å². The van der Waals surface area contributed by atoms with Crippen LogP contribution in [0.25, 0.3) is 10.9 Å². The van der Waals surface area contributed by atoms with Crippen molar-refractivity contribution in [3.05, 3.63) is 42.1 Å². The van der Waals surface area contributed by atoms with Crippen molar-refractivity contribution in [3.8, 4) is 0 Å². The molecule has 0 bridgehead atoms. The summed E-state index contributed by atoms with van der Waals surface area (Å²) in [6, 6.07) is 10.00. The van der Waals surface area contributed by atoms with E-state index in [0.29, 0.717) is 24.5 Å². The monoisotopic (exact) mass is 268 g/mol. The number of carbonyl (C=O) groups is 1. The largest absolute Gasteiger partial charge is 0.316 e. The van der Waals surface area contributed by atoms with Gasteiger partial charge in [0.2, 0.25) is 0 Å². The highest BCUT2D eigenvalue weighted by atomic mass is 16.1. The Labute approximate surface area is 119 Å². The van der Waals surface area contributed by atoms with Crippen LogP contribution in [-0.4, -0.2) is 23.9 Å². The summed E-state index contributed by atoms with van der Waals surface area (Å²) >= 11 is 0. The molecule has 104 valence electrons. The Balaban J connectivity index is 1.71. The molecular formula is C17H20N2O. The topological polar surface area (TPSA) is 42.0 Å². The van der Waals surface area contributed by atoms with Gasteiger partial charge in [-0.15, -0.1) is 0 Å². The highest BCUT2D eigenvalue weighted by Crippen LogP contribution is 2.20. The Morgan fingerprint density at radius 1 is 1.30 bits per heavy atom. The van der Waals surface area contributed by atoms with E-state index in [-0.39, 0.29) is 0 Å². The Hall–Kier alpha value is -1.74. The summed E-state index contributed by atoms with van der Waals surface area (Å²) in [4.78, 5) is 16.6. The van der Waals surface area contributed by atoms with Gasteiger partial charge in [0.15, 0.2) is 0 Å². The van der Waals surface area contributed by atoms with E-state index in [1.165, 1.54) is 12.8 Å². The standard InChI is InChI=1S/C17H20N2O/c20-15(10-13-4-3-8-18-12-13)11-14-7-9-19-17-6-2-1-5-16(14)17/h1-2,5-7,9,13,18H,3-4,8,10-12H2. The summed E-state index contributed by atoms with van der Waals surface area (Å²) in [5, 5.41) is 4.47. The van der Waals surface area contributed by atoms with Gasteiger partial charge in [-0.2, -0.15) is 0 Å². The first kappa shape index (κ1) is 13.3. The highest BCUT2D eigenvalue weighted by molar-refractivity contribution is 5.88. The molecule has 1 N–H and O–H groups in total. The molecule has 1 atom stereocenters. The number of para-hydroxylation sites is 1. The minimum atomic E-state index is 0.343. The van der Waals surface area contributed by atoms with Gasteiger partial charge in [-0.3, -0.25) is 9.78 Å². The summed E-state index contributed by atoms with van der Waals surface area (Å²) in [5.74, 6) is 0.861. The third-order valence-electron chi connectivity index (χ3n) is 4.04. The molecule has 3 rings (SSSR count). The van der Waals surface area contributed by atoms with E-state index < -0.39 is 0 Å². The number of rotatable bonds is 4. The average molecular weight is 268 g/mol. The lowest BCUT2D eigenvalue weighted by Crippen LogP contribution is -2.31. The SMILES string of the molecule is O=C(Cc1ccnc2ccccc12)CC1CCCNC1. The molecule has 3 heteroatoms. The summed E-state index contributed by atoms with van der Waals surface area (Å²) < 4.78 is 0. The maximum atomic E-state index is 12.3. The van der Waals surface area contributed by atoms with Gasteiger partial charge in [0.1, 0.15) is 5.78 Å². The number of ketones is 1. The maximum absolute atomic E-state index is 12.3. The third kappa shape index (κ3) is 3.05. The number of carbonyl (C=O) groups excluding carboxylic acids is 1. The van der Waals surface area contributed by atoms with Crippen molar-refractivity contribution in [2.24, 2.45) is 5.92 Å². The van der Waals surface area contributed by atoms with Gasteiger partial charge in [0.25, 0.3) is 0 Å². The molecule has 1 aliphatic heterocycles. The lowest BCUT2D eigenvalue weighted by Gasteiger charge is -2.22. The number of hydrogen-bond acceptors (Lipinski definition) is 3. The van der Waals surface area contributed by atoms with Crippen molar-refractivity contribution in [1.29, 1.82) is 0 Å². The first-order valence-electron chi connectivity index (χ1n) is 7.38. The molecule has 2 heterocycles. The summed E-state index contributed by atoms with van der Waals surface area (Å²) in [6.07, 6.45) is 5.39. The van der Waals surface area contributed by atoms with Crippen molar-refractivity contribution in [1.82, 2.24) is 10.3 Å². The fraction of sp³-hybridized carbons (Fsp3) is 0.412. The zero-order valence-corrected chi connectivity index (χ0v) is 11.6. The van der Waals surface area contributed by atoms with Crippen LogP contribution in [0.1, 0.15) is 24.8 Å². The molecule has 3 nitrogen and oxygen atoms in total. The van der Waals surface area contributed by atoms with Crippen LogP contribution in [0.2, 0.25) is 0 Å². The van der Waals surface area contributed by atoms with Crippen LogP contribution in [0.3, 0.4) is 0 Å².